The Kier molecular flexibility index (Phi) is 5.49. The van der Waals surface area contributed by atoms with Crippen molar-refractivity contribution in [2.24, 2.45) is 4.99 Å². The average molecular weight is 431 g/mol. The van der Waals surface area contributed by atoms with E-state index in [0.717, 1.165) is 6.42 Å². The number of hydrogen-bond acceptors (Lipinski definition) is 7. The molecule has 0 fully saturated rings. The van der Waals surface area contributed by atoms with E-state index in [1.807, 2.05) is 0 Å². The van der Waals surface area contributed by atoms with Gasteiger partial charge in [0.15, 0.2) is 11.5 Å². The molecule has 0 spiro atoms. The molecule has 2 aromatic carbocycles. The van der Waals surface area contributed by atoms with E-state index < -0.39 is 15.9 Å². The van der Waals surface area contributed by atoms with Crippen LogP contribution in [0.15, 0.2) is 46.3 Å². The number of amides is 1. The highest BCUT2D eigenvalue weighted by Gasteiger charge is 2.22. The lowest BCUT2D eigenvalue weighted by atomic mass is 10.1. The molecule has 1 amide bonds. The smallest absolute Gasteiger partial charge is 0.262 e. The average Bonchev–Trinajstić information content (AvgIpc) is 3.25. The number of sulfonamides is 1. The molecule has 9 nitrogen and oxygen atoms in total. The maximum atomic E-state index is 12.8. The van der Waals surface area contributed by atoms with E-state index in [2.05, 4.69) is 15.0 Å². The standard InChI is InChI=1S/C20H21N3O6S/c1-27-16-10-13(11-17-19(16)29-9-8-28-17)20(24)22-14-4-2-5-15(12-14)30(25,26)23-18-6-3-7-21-18/h2,4-5,10-12H,3,6-9H2,1H3,(H,21,23)(H,22,24). The second kappa shape index (κ2) is 8.23. The highest BCUT2D eigenvalue weighted by Crippen LogP contribution is 2.40. The molecule has 2 N–H and O–H groups in total. The minimum absolute atomic E-state index is 0.0367. The molecule has 0 aromatic heterocycles. The van der Waals surface area contributed by atoms with Crippen LogP contribution in [0.5, 0.6) is 17.2 Å². The Balaban J connectivity index is 1.55. The van der Waals surface area contributed by atoms with Crippen molar-refractivity contribution in [2.75, 3.05) is 32.2 Å². The number of nitrogens with zero attached hydrogens (tertiary/aromatic N) is 1. The van der Waals surface area contributed by atoms with Crippen molar-refractivity contribution >= 4 is 27.5 Å². The first kappa shape index (κ1) is 20.0. The third kappa shape index (κ3) is 4.18. The topological polar surface area (TPSA) is 115 Å². The van der Waals surface area contributed by atoms with Crippen LogP contribution in [-0.2, 0) is 10.0 Å². The van der Waals surface area contributed by atoms with Gasteiger partial charge in [-0.3, -0.25) is 14.5 Å². The zero-order valence-corrected chi connectivity index (χ0v) is 17.1. The van der Waals surface area contributed by atoms with Crippen LogP contribution in [0.2, 0.25) is 0 Å². The van der Waals surface area contributed by atoms with Gasteiger partial charge in [-0.05, 0) is 36.8 Å². The molecule has 0 unspecified atom stereocenters. The molecule has 30 heavy (non-hydrogen) atoms. The van der Waals surface area contributed by atoms with Gasteiger partial charge in [0.2, 0.25) is 5.75 Å². The van der Waals surface area contributed by atoms with E-state index in [-0.39, 0.29) is 4.90 Å². The molecule has 0 radical (unpaired) electrons. The van der Waals surface area contributed by atoms with E-state index >= 15 is 0 Å². The van der Waals surface area contributed by atoms with Gasteiger partial charge in [0.05, 0.1) is 12.0 Å². The molecule has 0 bridgehead atoms. The summed E-state index contributed by atoms with van der Waals surface area (Å²) in [5.74, 6) is 1.27. The molecule has 0 saturated heterocycles. The fraction of sp³-hybridized carbons (Fsp3) is 0.300. The molecule has 2 aliphatic heterocycles. The molecule has 10 heteroatoms. The Morgan fingerprint density at radius 3 is 2.77 bits per heavy atom. The predicted molar refractivity (Wildman–Crippen MR) is 110 cm³/mol. The molecule has 0 aliphatic carbocycles. The van der Waals surface area contributed by atoms with Crippen molar-refractivity contribution in [1.82, 2.24) is 4.72 Å². The van der Waals surface area contributed by atoms with Gasteiger partial charge in [0.1, 0.15) is 19.0 Å². The number of ether oxygens (including phenoxy) is 3. The molecule has 2 aliphatic rings. The number of nitrogens with one attached hydrogen (secondary N) is 2. The largest absolute Gasteiger partial charge is 0.493 e. The molecule has 0 atom stereocenters. The quantitative estimate of drug-likeness (QED) is 0.750. The zero-order valence-electron chi connectivity index (χ0n) is 16.3. The summed E-state index contributed by atoms with van der Waals surface area (Å²) in [6.07, 6.45) is 1.43. The summed E-state index contributed by atoms with van der Waals surface area (Å²) in [5.41, 5.74) is 0.632. The molecular weight excluding hydrogens is 410 g/mol. The van der Waals surface area contributed by atoms with Gasteiger partial charge in [-0.2, -0.15) is 0 Å². The van der Waals surface area contributed by atoms with E-state index in [4.69, 9.17) is 14.2 Å². The van der Waals surface area contributed by atoms with Crippen molar-refractivity contribution < 1.29 is 27.4 Å². The first-order valence-electron chi connectivity index (χ1n) is 9.41. The fourth-order valence-electron chi connectivity index (χ4n) is 3.19. The number of rotatable bonds is 5. The molecule has 2 aromatic rings. The third-order valence-electron chi connectivity index (χ3n) is 4.62. The number of carbonyl (C=O) groups is 1. The second-order valence-electron chi connectivity index (χ2n) is 6.72. The van der Waals surface area contributed by atoms with Crippen LogP contribution >= 0.6 is 0 Å². The van der Waals surface area contributed by atoms with Gasteiger partial charge in [0, 0.05) is 24.2 Å². The minimum atomic E-state index is -3.78. The maximum absolute atomic E-state index is 12.8. The Labute approximate surface area is 174 Å². The summed E-state index contributed by atoms with van der Waals surface area (Å²) in [4.78, 5) is 16.9. The Hall–Kier alpha value is -3.27. The number of benzene rings is 2. The lowest BCUT2D eigenvalue weighted by Crippen LogP contribution is -2.29. The van der Waals surface area contributed by atoms with Crippen LogP contribution in [0.3, 0.4) is 0 Å². The fourth-order valence-corrected chi connectivity index (χ4v) is 4.32. The first-order valence-corrected chi connectivity index (χ1v) is 10.9. The van der Waals surface area contributed by atoms with Gasteiger partial charge in [-0.1, -0.05) is 6.07 Å². The lowest BCUT2D eigenvalue weighted by molar-refractivity contribution is 0.102. The first-order chi connectivity index (χ1) is 14.5. The van der Waals surface area contributed by atoms with Crippen LogP contribution < -0.4 is 24.2 Å². The van der Waals surface area contributed by atoms with Crippen LogP contribution in [0.1, 0.15) is 23.2 Å². The highest BCUT2D eigenvalue weighted by atomic mass is 32.2. The number of aliphatic imine (C=N–C) groups is 1. The molecule has 0 saturated carbocycles. The number of amidine groups is 1. The number of methoxy groups -OCH3 is 1. The summed E-state index contributed by atoms with van der Waals surface area (Å²) in [6.45, 7) is 1.39. The number of carbonyl (C=O) groups excluding carboxylic acids is 1. The van der Waals surface area contributed by atoms with E-state index in [1.165, 1.54) is 19.2 Å². The zero-order chi connectivity index (χ0) is 21.1. The van der Waals surface area contributed by atoms with Crippen LogP contribution in [-0.4, -0.2) is 47.0 Å². The van der Waals surface area contributed by atoms with E-state index in [1.54, 1.807) is 24.3 Å². The highest BCUT2D eigenvalue weighted by molar-refractivity contribution is 7.90. The molecular formula is C20H21N3O6S. The SMILES string of the molecule is COc1cc(C(=O)Nc2cccc(S(=O)(=O)NC3=NCCC3)c2)cc2c1OCCO2. The van der Waals surface area contributed by atoms with Gasteiger partial charge < -0.3 is 19.5 Å². The Morgan fingerprint density at radius 2 is 2.00 bits per heavy atom. The predicted octanol–water partition coefficient (Wildman–Crippen LogP) is 2.19. The second-order valence-corrected chi connectivity index (χ2v) is 8.40. The van der Waals surface area contributed by atoms with Gasteiger partial charge in [0.25, 0.3) is 15.9 Å². The Bertz CT molecular complexity index is 1100. The van der Waals surface area contributed by atoms with Gasteiger partial charge >= 0.3 is 0 Å². The van der Waals surface area contributed by atoms with Crippen LogP contribution in [0.25, 0.3) is 0 Å². The summed E-state index contributed by atoms with van der Waals surface area (Å²) in [6, 6.07) is 9.13. The lowest BCUT2D eigenvalue weighted by Gasteiger charge is -2.21. The summed E-state index contributed by atoms with van der Waals surface area (Å²) in [7, 11) is -2.30. The summed E-state index contributed by atoms with van der Waals surface area (Å²) in [5, 5.41) is 2.71. The number of anilines is 1. The minimum Gasteiger partial charge on any atom is -0.493 e. The van der Waals surface area contributed by atoms with E-state index in [0.29, 0.717) is 60.5 Å². The molecule has 2 heterocycles. The van der Waals surface area contributed by atoms with Gasteiger partial charge in [-0.25, -0.2) is 8.42 Å². The van der Waals surface area contributed by atoms with Crippen molar-refractivity contribution in [3.05, 3.63) is 42.0 Å². The van der Waals surface area contributed by atoms with Crippen molar-refractivity contribution in [3.8, 4) is 17.2 Å². The Morgan fingerprint density at radius 1 is 1.17 bits per heavy atom. The third-order valence-corrected chi connectivity index (χ3v) is 6.00. The van der Waals surface area contributed by atoms with Crippen molar-refractivity contribution in [1.29, 1.82) is 0 Å². The van der Waals surface area contributed by atoms with Crippen LogP contribution in [0.4, 0.5) is 5.69 Å². The number of hydrogen-bond donors (Lipinski definition) is 2. The van der Waals surface area contributed by atoms with Gasteiger partial charge in [-0.15, -0.1) is 0 Å². The van der Waals surface area contributed by atoms with Crippen LogP contribution in [0, 0.1) is 0 Å². The van der Waals surface area contributed by atoms with Crippen molar-refractivity contribution in [2.45, 2.75) is 17.7 Å². The van der Waals surface area contributed by atoms with Crippen molar-refractivity contribution in [3.63, 3.8) is 0 Å². The summed E-state index contributed by atoms with van der Waals surface area (Å²) >= 11 is 0. The molecule has 158 valence electrons. The maximum Gasteiger partial charge on any atom is 0.262 e. The normalized spacial score (nSPS) is 15.3. The molecule has 4 rings (SSSR count). The number of fused-ring (bicyclic) bond motifs is 1. The van der Waals surface area contributed by atoms with E-state index in [9.17, 15) is 13.2 Å². The summed E-state index contributed by atoms with van der Waals surface area (Å²) < 4.78 is 44.1. The monoisotopic (exact) mass is 431 g/mol.